The second kappa shape index (κ2) is 7.66. The zero-order chi connectivity index (χ0) is 19.8. The van der Waals surface area contributed by atoms with E-state index in [0.29, 0.717) is 23.7 Å². The maximum Gasteiger partial charge on any atom is 0.255 e. The number of amides is 1. The quantitative estimate of drug-likeness (QED) is 0.843. The molecule has 27 heavy (non-hydrogen) atoms. The lowest BCUT2D eigenvalue weighted by Crippen LogP contribution is -2.49. The minimum absolute atomic E-state index is 0.0664. The van der Waals surface area contributed by atoms with Gasteiger partial charge in [0.05, 0.1) is 11.8 Å². The standard InChI is InChI=1S/C19H24ClN3O3S/c1-13-11-18(14(2)23(13)17-8-6-15(20)7-9-17)19(24)22-10-4-5-16(12-22)21-27(3,25)26/h6-9,11,16,21H,4-5,10,12H2,1-3H3. The molecular formula is C19H24ClN3O3S. The van der Waals surface area contributed by atoms with Crippen molar-refractivity contribution in [3.8, 4) is 5.69 Å². The molecule has 0 bridgehead atoms. The van der Waals surface area contributed by atoms with E-state index in [-0.39, 0.29) is 11.9 Å². The number of hydrogen-bond acceptors (Lipinski definition) is 3. The number of aromatic nitrogens is 1. The van der Waals surface area contributed by atoms with E-state index in [4.69, 9.17) is 11.6 Å². The number of nitrogens with one attached hydrogen (secondary N) is 1. The number of aryl methyl sites for hydroxylation is 1. The summed E-state index contributed by atoms with van der Waals surface area (Å²) in [5.41, 5.74) is 3.41. The van der Waals surface area contributed by atoms with Gasteiger partial charge in [0.2, 0.25) is 10.0 Å². The normalized spacial score (nSPS) is 17.9. The minimum Gasteiger partial charge on any atom is -0.337 e. The van der Waals surface area contributed by atoms with Crippen LogP contribution in [-0.4, -0.2) is 49.2 Å². The van der Waals surface area contributed by atoms with E-state index >= 15 is 0 Å². The van der Waals surface area contributed by atoms with Crippen LogP contribution < -0.4 is 4.72 Å². The second-order valence-corrected chi connectivity index (χ2v) is 9.29. The third kappa shape index (κ3) is 4.54. The first-order valence-electron chi connectivity index (χ1n) is 8.87. The summed E-state index contributed by atoms with van der Waals surface area (Å²) >= 11 is 5.98. The Labute approximate surface area is 165 Å². The van der Waals surface area contributed by atoms with E-state index in [9.17, 15) is 13.2 Å². The van der Waals surface area contributed by atoms with Crippen molar-refractivity contribution in [2.75, 3.05) is 19.3 Å². The molecule has 1 aliphatic heterocycles. The molecule has 0 aliphatic carbocycles. The van der Waals surface area contributed by atoms with Crippen LogP contribution in [0.5, 0.6) is 0 Å². The molecule has 1 atom stereocenters. The van der Waals surface area contributed by atoms with E-state index in [0.717, 1.165) is 36.2 Å². The molecule has 1 amide bonds. The first-order valence-corrected chi connectivity index (χ1v) is 11.1. The number of benzene rings is 1. The smallest absolute Gasteiger partial charge is 0.255 e. The Hall–Kier alpha value is -1.83. The van der Waals surface area contributed by atoms with Gasteiger partial charge in [-0.1, -0.05) is 11.6 Å². The molecule has 6 nitrogen and oxygen atoms in total. The predicted molar refractivity (Wildman–Crippen MR) is 107 cm³/mol. The maximum atomic E-state index is 13.1. The summed E-state index contributed by atoms with van der Waals surface area (Å²) in [7, 11) is -3.29. The molecule has 0 saturated carbocycles. The first kappa shape index (κ1) is 19.9. The van der Waals surface area contributed by atoms with Crippen molar-refractivity contribution in [3.63, 3.8) is 0 Å². The lowest BCUT2D eigenvalue weighted by atomic mass is 10.1. The molecule has 1 aromatic carbocycles. The van der Waals surface area contributed by atoms with Gasteiger partial charge in [-0.05, 0) is 57.0 Å². The molecule has 1 aliphatic rings. The number of piperidine rings is 1. The van der Waals surface area contributed by atoms with Crippen molar-refractivity contribution in [1.82, 2.24) is 14.2 Å². The Bertz CT molecular complexity index is 951. The summed E-state index contributed by atoms with van der Waals surface area (Å²) in [6.45, 7) is 4.90. The number of carbonyl (C=O) groups excluding carboxylic acids is 1. The summed E-state index contributed by atoms with van der Waals surface area (Å²) in [5.74, 6) is -0.0664. The third-order valence-corrected chi connectivity index (χ3v) is 5.85. The Kier molecular flexibility index (Phi) is 5.65. The van der Waals surface area contributed by atoms with Crippen molar-refractivity contribution in [3.05, 3.63) is 52.3 Å². The van der Waals surface area contributed by atoms with E-state index in [1.54, 1.807) is 4.90 Å². The molecule has 1 fully saturated rings. The summed E-state index contributed by atoms with van der Waals surface area (Å²) in [5, 5.41) is 0.662. The average Bonchev–Trinajstić information content (AvgIpc) is 2.88. The lowest BCUT2D eigenvalue weighted by Gasteiger charge is -2.32. The Morgan fingerprint density at radius 1 is 1.22 bits per heavy atom. The van der Waals surface area contributed by atoms with E-state index < -0.39 is 10.0 Å². The van der Waals surface area contributed by atoms with Gasteiger partial charge < -0.3 is 9.47 Å². The van der Waals surface area contributed by atoms with E-state index in [2.05, 4.69) is 4.72 Å². The molecule has 1 N–H and O–H groups in total. The van der Waals surface area contributed by atoms with Crippen molar-refractivity contribution in [2.24, 2.45) is 0 Å². The molecule has 3 rings (SSSR count). The summed E-state index contributed by atoms with van der Waals surface area (Å²) < 4.78 is 27.6. The highest BCUT2D eigenvalue weighted by Crippen LogP contribution is 2.24. The molecule has 0 radical (unpaired) electrons. The fourth-order valence-corrected chi connectivity index (χ4v) is 4.62. The van der Waals surface area contributed by atoms with Gasteiger partial charge in [0, 0.05) is 41.2 Å². The molecular weight excluding hydrogens is 386 g/mol. The first-order chi connectivity index (χ1) is 12.7. The Morgan fingerprint density at radius 3 is 2.52 bits per heavy atom. The second-order valence-electron chi connectivity index (χ2n) is 7.08. The molecule has 1 saturated heterocycles. The maximum absolute atomic E-state index is 13.1. The highest BCUT2D eigenvalue weighted by atomic mass is 35.5. The van der Waals surface area contributed by atoms with Gasteiger partial charge in [-0.15, -0.1) is 0 Å². The molecule has 2 heterocycles. The zero-order valence-electron chi connectivity index (χ0n) is 15.7. The topological polar surface area (TPSA) is 71.4 Å². The van der Waals surface area contributed by atoms with Gasteiger partial charge in [0.15, 0.2) is 0 Å². The largest absolute Gasteiger partial charge is 0.337 e. The van der Waals surface area contributed by atoms with Crippen LogP contribution in [0.1, 0.15) is 34.6 Å². The molecule has 0 spiro atoms. The number of carbonyl (C=O) groups is 1. The van der Waals surface area contributed by atoms with Gasteiger partial charge >= 0.3 is 0 Å². The minimum atomic E-state index is -3.29. The van der Waals surface area contributed by atoms with Crippen LogP contribution in [0.2, 0.25) is 5.02 Å². The number of nitrogens with zero attached hydrogens (tertiary/aromatic N) is 2. The number of hydrogen-bond donors (Lipinski definition) is 1. The van der Waals surface area contributed by atoms with Crippen molar-refractivity contribution in [2.45, 2.75) is 32.7 Å². The van der Waals surface area contributed by atoms with Gasteiger partial charge in [-0.25, -0.2) is 13.1 Å². The SMILES string of the molecule is Cc1cc(C(=O)N2CCCC(NS(C)(=O)=O)C2)c(C)n1-c1ccc(Cl)cc1. The van der Waals surface area contributed by atoms with Gasteiger partial charge in [-0.3, -0.25) is 4.79 Å². The van der Waals surface area contributed by atoms with Crippen molar-refractivity contribution >= 4 is 27.5 Å². The van der Waals surface area contributed by atoms with Crippen LogP contribution in [0.15, 0.2) is 30.3 Å². The lowest BCUT2D eigenvalue weighted by molar-refractivity contribution is 0.0702. The number of halogens is 1. The number of likely N-dealkylation sites (tertiary alicyclic amines) is 1. The third-order valence-electron chi connectivity index (χ3n) is 4.84. The molecule has 146 valence electrons. The number of rotatable bonds is 4. The highest BCUT2D eigenvalue weighted by Gasteiger charge is 2.28. The van der Waals surface area contributed by atoms with E-state index in [1.807, 2.05) is 48.7 Å². The van der Waals surface area contributed by atoms with Crippen molar-refractivity contribution < 1.29 is 13.2 Å². The number of sulfonamides is 1. The van der Waals surface area contributed by atoms with Crippen LogP contribution in [0.3, 0.4) is 0 Å². The zero-order valence-corrected chi connectivity index (χ0v) is 17.3. The fourth-order valence-electron chi connectivity index (χ4n) is 3.70. The van der Waals surface area contributed by atoms with Crippen molar-refractivity contribution in [1.29, 1.82) is 0 Å². The Balaban J connectivity index is 1.85. The molecule has 8 heteroatoms. The Morgan fingerprint density at radius 2 is 1.89 bits per heavy atom. The van der Waals surface area contributed by atoms with Crippen LogP contribution in [-0.2, 0) is 10.0 Å². The summed E-state index contributed by atoms with van der Waals surface area (Å²) in [6, 6.07) is 9.14. The van der Waals surface area contributed by atoms with Crippen LogP contribution >= 0.6 is 11.6 Å². The van der Waals surface area contributed by atoms with Crippen LogP contribution in [0.25, 0.3) is 5.69 Å². The van der Waals surface area contributed by atoms with Gasteiger partial charge in [0.25, 0.3) is 5.91 Å². The molecule has 2 aromatic rings. The van der Waals surface area contributed by atoms with Crippen LogP contribution in [0.4, 0.5) is 0 Å². The van der Waals surface area contributed by atoms with E-state index in [1.165, 1.54) is 0 Å². The summed E-state index contributed by atoms with van der Waals surface area (Å²) in [4.78, 5) is 14.8. The summed E-state index contributed by atoms with van der Waals surface area (Å²) in [6.07, 6.45) is 2.66. The predicted octanol–water partition coefficient (Wildman–Crippen LogP) is 2.90. The average molecular weight is 410 g/mol. The van der Waals surface area contributed by atoms with Gasteiger partial charge in [0.1, 0.15) is 0 Å². The highest BCUT2D eigenvalue weighted by molar-refractivity contribution is 7.88. The van der Waals surface area contributed by atoms with Gasteiger partial charge in [-0.2, -0.15) is 0 Å². The van der Waals surface area contributed by atoms with Crippen LogP contribution in [0, 0.1) is 13.8 Å². The monoisotopic (exact) mass is 409 g/mol. The molecule has 1 unspecified atom stereocenters. The fraction of sp³-hybridized carbons (Fsp3) is 0.421. The molecule has 1 aromatic heterocycles.